The minimum atomic E-state index is 0.412. The Morgan fingerprint density at radius 3 is 2.86 bits per heavy atom. The molecule has 1 aromatic rings. The van der Waals surface area contributed by atoms with E-state index in [2.05, 4.69) is 30.2 Å². The zero-order valence-electron chi connectivity index (χ0n) is 13.4. The van der Waals surface area contributed by atoms with E-state index in [-0.39, 0.29) is 0 Å². The molecule has 2 aliphatic rings. The molecule has 0 bridgehead atoms. The number of hydrogen-bond acceptors (Lipinski definition) is 3. The van der Waals surface area contributed by atoms with E-state index in [4.69, 9.17) is 4.74 Å². The van der Waals surface area contributed by atoms with Gasteiger partial charge in [0.05, 0.1) is 6.10 Å². The molecule has 3 nitrogen and oxygen atoms in total. The van der Waals surface area contributed by atoms with E-state index in [1.54, 1.807) is 0 Å². The van der Waals surface area contributed by atoms with Crippen LogP contribution in [0.25, 0.3) is 0 Å². The molecule has 1 heterocycles. The van der Waals surface area contributed by atoms with Gasteiger partial charge in [0.2, 0.25) is 0 Å². The van der Waals surface area contributed by atoms with Gasteiger partial charge in [0.15, 0.2) is 0 Å². The second kappa shape index (κ2) is 6.45. The zero-order valence-corrected chi connectivity index (χ0v) is 13.4. The van der Waals surface area contributed by atoms with Crippen LogP contribution in [-0.2, 0) is 11.3 Å². The minimum Gasteiger partial charge on any atom is -0.378 e. The number of hydrogen-bond donors (Lipinski definition) is 1. The lowest BCUT2D eigenvalue weighted by molar-refractivity contribution is -0.150. The lowest BCUT2D eigenvalue weighted by Gasteiger charge is -2.58. The third-order valence-electron chi connectivity index (χ3n) is 5.61. The highest BCUT2D eigenvalue weighted by molar-refractivity contribution is 5.22. The zero-order chi connectivity index (χ0) is 14.7. The van der Waals surface area contributed by atoms with Crippen molar-refractivity contribution in [3.05, 3.63) is 29.6 Å². The van der Waals surface area contributed by atoms with E-state index >= 15 is 0 Å². The number of aromatic nitrogens is 1. The number of aryl methyl sites for hydroxylation is 1. The van der Waals surface area contributed by atoms with Crippen LogP contribution in [0.2, 0.25) is 0 Å². The Hall–Kier alpha value is -0.930. The topological polar surface area (TPSA) is 34.1 Å². The lowest BCUT2D eigenvalue weighted by atomic mass is 9.55. The monoisotopic (exact) mass is 288 g/mol. The quantitative estimate of drug-likeness (QED) is 0.899. The van der Waals surface area contributed by atoms with Crippen LogP contribution in [0.1, 0.15) is 56.6 Å². The first-order valence-electron chi connectivity index (χ1n) is 8.51. The molecule has 3 rings (SSSR count). The van der Waals surface area contributed by atoms with E-state index in [1.807, 2.05) is 12.4 Å². The molecule has 2 fully saturated rings. The number of nitrogens with zero attached hydrogens (tertiary/aromatic N) is 1. The summed E-state index contributed by atoms with van der Waals surface area (Å²) in [5, 5.41) is 3.82. The number of rotatable bonds is 5. The van der Waals surface area contributed by atoms with Gasteiger partial charge in [-0.15, -0.1) is 0 Å². The highest BCUT2D eigenvalue weighted by Crippen LogP contribution is 2.53. The maximum atomic E-state index is 6.03. The van der Waals surface area contributed by atoms with E-state index < -0.39 is 0 Å². The van der Waals surface area contributed by atoms with Gasteiger partial charge in [-0.25, -0.2) is 0 Å². The summed E-state index contributed by atoms with van der Waals surface area (Å²) in [6.45, 7) is 6.07. The average molecular weight is 288 g/mol. The van der Waals surface area contributed by atoms with Crippen LogP contribution in [0, 0.1) is 12.3 Å². The maximum absolute atomic E-state index is 6.03. The number of nitrogens with one attached hydrogen (secondary N) is 1. The van der Waals surface area contributed by atoms with E-state index in [1.165, 1.54) is 49.7 Å². The molecule has 2 aliphatic carbocycles. The lowest BCUT2D eigenvalue weighted by Crippen LogP contribution is -2.64. The van der Waals surface area contributed by atoms with Crippen LogP contribution in [0.3, 0.4) is 0 Å². The number of pyridine rings is 1. The van der Waals surface area contributed by atoms with Crippen molar-refractivity contribution < 1.29 is 4.74 Å². The van der Waals surface area contributed by atoms with Crippen molar-refractivity contribution >= 4 is 0 Å². The molecular weight excluding hydrogens is 260 g/mol. The highest BCUT2D eigenvalue weighted by Gasteiger charge is 2.55. The molecule has 116 valence electrons. The Kier molecular flexibility index (Phi) is 4.60. The van der Waals surface area contributed by atoms with E-state index in [9.17, 15) is 0 Å². The van der Waals surface area contributed by atoms with Gasteiger partial charge in [0.25, 0.3) is 0 Å². The molecule has 1 aromatic heterocycles. The van der Waals surface area contributed by atoms with Gasteiger partial charge in [-0.3, -0.25) is 4.98 Å². The Morgan fingerprint density at radius 1 is 1.33 bits per heavy atom. The van der Waals surface area contributed by atoms with Crippen molar-refractivity contribution in [2.45, 2.75) is 71.1 Å². The summed E-state index contributed by atoms with van der Waals surface area (Å²) in [7, 11) is 0. The van der Waals surface area contributed by atoms with E-state index in [0.717, 1.165) is 13.2 Å². The molecule has 0 radical (unpaired) electrons. The van der Waals surface area contributed by atoms with Crippen molar-refractivity contribution in [2.75, 3.05) is 6.61 Å². The number of ether oxygens (including phenoxy) is 1. The van der Waals surface area contributed by atoms with Crippen molar-refractivity contribution in [1.82, 2.24) is 10.3 Å². The third-order valence-corrected chi connectivity index (χ3v) is 5.61. The van der Waals surface area contributed by atoms with Gasteiger partial charge < -0.3 is 10.1 Å². The second-order valence-corrected chi connectivity index (χ2v) is 6.71. The van der Waals surface area contributed by atoms with E-state index in [0.29, 0.717) is 17.6 Å². The summed E-state index contributed by atoms with van der Waals surface area (Å²) in [6, 6.07) is 2.76. The van der Waals surface area contributed by atoms with Crippen LogP contribution >= 0.6 is 0 Å². The molecule has 21 heavy (non-hydrogen) atoms. The van der Waals surface area contributed by atoms with Gasteiger partial charge in [-0.2, -0.15) is 0 Å². The Bertz CT molecular complexity index is 468. The summed E-state index contributed by atoms with van der Waals surface area (Å²) >= 11 is 0. The Morgan fingerprint density at radius 2 is 2.14 bits per heavy atom. The van der Waals surface area contributed by atoms with Gasteiger partial charge >= 0.3 is 0 Å². The molecule has 2 saturated carbocycles. The Labute approximate surface area is 128 Å². The summed E-state index contributed by atoms with van der Waals surface area (Å²) in [5.74, 6) is 0. The summed E-state index contributed by atoms with van der Waals surface area (Å²) in [4.78, 5) is 4.18. The predicted octanol–water partition coefficient (Wildman–Crippen LogP) is 3.61. The molecule has 0 aliphatic heterocycles. The van der Waals surface area contributed by atoms with Crippen LogP contribution in [0.4, 0.5) is 0 Å². The van der Waals surface area contributed by atoms with Gasteiger partial charge in [-0.05, 0) is 50.3 Å². The molecule has 0 saturated heterocycles. The van der Waals surface area contributed by atoms with Crippen molar-refractivity contribution in [3.8, 4) is 0 Å². The molecule has 1 N–H and O–H groups in total. The fourth-order valence-corrected chi connectivity index (χ4v) is 4.28. The van der Waals surface area contributed by atoms with Gasteiger partial charge in [0.1, 0.15) is 0 Å². The minimum absolute atomic E-state index is 0.412. The predicted molar refractivity (Wildman–Crippen MR) is 85.2 cm³/mol. The standard InChI is InChI=1S/C18H28N2O/c1-3-21-17-11-16(18(17)8-5-4-6-9-18)20-13-15-7-10-19-12-14(15)2/h7,10,12,16-17,20H,3-6,8-9,11,13H2,1-2H3. The van der Waals surface area contributed by atoms with Crippen molar-refractivity contribution in [3.63, 3.8) is 0 Å². The Balaban J connectivity index is 1.64. The molecular formula is C18H28N2O. The van der Waals surface area contributed by atoms with Gasteiger partial charge in [-0.1, -0.05) is 19.3 Å². The first-order chi connectivity index (χ1) is 10.3. The summed E-state index contributed by atoms with van der Waals surface area (Å²) in [5.41, 5.74) is 3.06. The summed E-state index contributed by atoms with van der Waals surface area (Å²) < 4.78 is 6.03. The summed E-state index contributed by atoms with van der Waals surface area (Å²) in [6.07, 6.45) is 12.3. The van der Waals surface area contributed by atoms with Crippen molar-refractivity contribution in [2.24, 2.45) is 5.41 Å². The molecule has 3 heteroatoms. The van der Waals surface area contributed by atoms with Crippen LogP contribution in [-0.4, -0.2) is 23.7 Å². The largest absolute Gasteiger partial charge is 0.378 e. The normalized spacial score (nSPS) is 27.5. The SMILES string of the molecule is CCOC1CC(NCc2ccncc2C)C12CCCCC2. The van der Waals surface area contributed by atoms with Crippen LogP contribution < -0.4 is 5.32 Å². The fraction of sp³-hybridized carbons (Fsp3) is 0.722. The fourth-order valence-electron chi connectivity index (χ4n) is 4.28. The van der Waals surface area contributed by atoms with Gasteiger partial charge in [0, 0.05) is 37.0 Å². The maximum Gasteiger partial charge on any atom is 0.0661 e. The molecule has 0 amide bonds. The molecule has 2 unspecified atom stereocenters. The smallest absolute Gasteiger partial charge is 0.0661 e. The molecule has 2 atom stereocenters. The first kappa shape index (κ1) is 15.0. The van der Waals surface area contributed by atoms with Crippen molar-refractivity contribution in [1.29, 1.82) is 0 Å². The van der Waals surface area contributed by atoms with Crippen LogP contribution in [0.15, 0.2) is 18.5 Å². The third kappa shape index (κ3) is 2.86. The molecule has 1 spiro atoms. The first-order valence-corrected chi connectivity index (χ1v) is 8.51. The van der Waals surface area contributed by atoms with Crippen LogP contribution in [0.5, 0.6) is 0 Å². The molecule has 0 aromatic carbocycles. The average Bonchev–Trinajstić information content (AvgIpc) is 2.52. The highest BCUT2D eigenvalue weighted by atomic mass is 16.5. The second-order valence-electron chi connectivity index (χ2n) is 6.71.